The molecule has 0 saturated heterocycles. The van der Waals surface area contributed by atoms with Crippen molar-refractivity contribution in [2.24, 2.45) is 0 Å². The lowest BCUT2D eigenvalue weighted by atomic mass is 10.1. The highest BCUT2D eigenvalue weighted by Crippen LogP contribution is 2.12. The molecular formula is C15H19N5O. The molecule has 2 heterocycles. The lowest BCUT2D eigenvalue weighted by Gasteiger charge is -2.09. The second-order valence-corrected chi connectivity index (χ2v) is 4.62. The summed E-state index contributed by atoms with van der Waals surface area (Å²) in [5.41, 5.74) is 2.29. The van der Waals surface area contributed by atoms with Crippen molar-refractivity contribution in [3.8, 4) is 0 Å². The van der Waals surface area contributed by atoms with Crippen molar-refractivity contribution in [2.45, 2.75) is 26.3 Å². The van der Waals surface area contributed by atoms with Crippen LogP contribution < -0.4 is 10.6 Å². The molecular weight excluding hydrogens is 266 g/mol. The molecule has 0 fully saturated rings. The van der Waals surface area contributed by atoms with Gasteiger partial charge in [-0.2, -0.15) is 0 Å². The van der Waals surface area contributed by atoms with Gasteiger partial charge in [-0.3, -0.25) is 4.79 Å². The van der Waals surface area contributed by atoms with Crippen molar-refractivity contribution in [3.05, 3.63) is 47.7 Å². The van der Waals surface area contributed by atoms with E-state index in [-0.39, 0.29) is 5.91 Å². The van der Waals surface area contributed by atoms with Gasteiger partial charge in [0.15, 0.2) is 0 Å². The van der Waals surface area contributed by atoms with Crippen LogP contribution in [0.25, 0.3) is 0 Å². The molecule has 110 valence electrons. The van der Waals surface area contributed by atoms with Gasteiger partial charge in [-0.05, 0) is 24.6 Å². The van der Waals surface area contributed by atoms with Gasteiger partial charge >= 0.3 is 0 Å². The van der Waals surface area contributed by atoms with Gasteiger partial charge in [0.1, 0.15) is 12.1 Å². The van der Waals surface area contributed by atoms with Gasteiger partial charge in [0.25, 0.3) is 5.91 Å². The number of nitrogens with one attached hydrogen (secondary N) is 2. The van der Waals surface area contributed by atoms with Gasteiger partial charge < -0.3 is 10.6 Å². The highest BCUT2D eigenvalue weighted by Gasteiger charge is 2.09. The number of hydrogen-bond acceptors (Lipinski definition) is 5. The number of nitrogens with zero attached hydrogens (tertiary/aromatic N) is 3. The first-order valence-corrected chi connectivity index (χ1v) is 6.94. The smallest absolute Gasteiger partial charge is 0.251 e. The molecule has 0 saturated carbocycles. The van der Waals surface area contributed by atoms with E-state index in [0.29, 0.717) is 17.9 Å². The van der Waals surface area contributed by atoms with Gasteiger partial charge in [0, 0.05) is 24.5 Å². The highest BCUT2D eigenvalue weighted by molar-refractivity contribution is 5.94. The third-order valence-corrected chi connectivity index (χ3v) is 2.98. The minimum absolute atomic E-state index is 0.134. The molecule has 2 aromatic rings. The Hall–Kier alpha value is -2.50. The van der Waals surface area contributed by atoms with Crippen molar-refractivity contribution in [1.82, 2.24) is 20.3 Å². The minimum Gasteiger partial charge on any atom is -0.373 e. The van der Waals surface area contributed by atoms with Crippen molar-refractivity contribution < 1.29 is 4.79 Å². The van der Waals surface area contributed by atoms with E-state index >= 15 is 0 Å². The summed E-state index contributed by atoms with van der Waals surface area (Å²) in [4.78, 5) is 24.6. The van der Waals surface area contributed by atoms with Crippen molar-refractivity contribution in [2.75, 3.05) is 12.4 Å². The summed E-state index contributed by atoms with van der Waals surface area (Å²) >= 11 is 0. The Kier molecular flexibility index (Phi) is 5.20. The van der Waals surface area contributed by atoms with Crippen LogP contribution >= 0.6 is 0 Å². The largest absolute Gasteiger partial charge is 0.373 e. The minimum atomic E-state index is -0.134. The first-order chi connectivity index (χ1) is 10.2. The molecule has 0 bridgehead atoms. The van der Waals surface area contributed by atoms with E-state index in [9.17, 15) is 4.79 Å². The Morgan fingerprint density at radius 2 is 2.14 bits per heavy atom. The molecule has 0 aliphatic heterocycles. The number of amides is 1. The average molecular weight is 285 g/mol. The average Bonchev–Trinajstić information content (AvgIpc) is 2.53. The predicted molar refractivity (Wildman–Crippen MR) is 81.0 cm³/mol. The highest BCUT2D eigenvalue weighted by atomic mass is 16.1. The lowest BCUT2D eigenvalue weighted by molar-refractivity contribution is 0.0950. The van der Waals surface area contributed by atoms with Crippen molar-refractivity contribution in [1.29, 1.82) is 0 Å². The van der Waals surface area contributed by atoms with Gasteiger partial charge in [-0.1, -0.05) is 13.3 Å². The first-order valence-electron chi connectivity index (χ1n) is 6.94. The normalized spacial score (nSPS) is 10.2. The standard InChI is InChI=1S/C15H19N5O/c1-3-4-12-7-11(8-14(16-2)20-12)15(21)18-9-13-5-6-17-10-19-13/h5-8,10H,3-4,9H2,1-2H3,(H,16,20)(H,18,21). The summed E-state index contributed by atoms with van der Waals surface area (Å²) in [6.45, 7) is 2.46. The van der Waals surface area contributed by atoms with Gasteiger partial charge in [-0.15, -0.1) is 0 Å². The van der Waals surface area contributed by atoms with Crippen LogP contribution in [0.1, 0.15) is 35.1 Å². The molecule has 1 amide bonds. The molecule has 2 aromatic heterocycles. The van der Waals surface area contributed by atoms with Crippen LogP contribution in [-0.4, -0.2) is 27.9 Å². The Balaban J connectivity index is 2.09. The SMILES string of the molecule is CCCc1cc(C(=O)NCc2ccncn2)cc(NC)n1. The van der Waals surface area contributed by atoms with E-state index in [2.05, 4.69) is 32.5 Å². The van der Waals surface area contributed by atoms with Gasteiger partial charge in [0.05, 0.1) is 12.2 Å². The number of rotatable bonds is 6. The number of aromatic nitrogens is 3. The van der Waals surface area contributed by atoms with E-state index in [1.807, 2.05) is 6.07 Å². The van der Waals surface area contributed by atoms with Crippen LogP contribution in [0.2, 0.25) is 0 Å². The molecule has 0 atom stereocenters. The molecule has 0 aliphatic carbocycles. The molecule has 21 heavy (non-hydrogen) atoms. The Bertz CT molecular complexity index is 600. The number of pyridine rings is 1. The second-order valence-electron chi connectivity index (χ2n) is 4.62. The van der Waals surface area contributed by atoms with Crippen LogP contribution in [-0.2, 0) is 13.0 Å². The summed E-state index contributed by atoms with van der Waals surface area (Å²) in [6, 6.07) is 5.35. The summed E-state index contributed by atoms with van der Waals surface area (Å²) in [5, 5.41) is 5.83. The number of aryl methyl sites for hydroxylation is 1. The second kappa shape index (κ2) is 7.33. The Morgan fingerprint density at radius 3 is 2.81 bits per heavy atom. The zero-order valence-corrected chi connectivity index (χ0v) is 12.3. The molecule has 6 nitrogen and oxygen atoms in total. The number of carbonyl (C=O) groups is 1. The van der Waals surface area contributed by atoms with Gasteiger partial charge in [-0.25, -0.2) is 15.0 Å². The third kappa shape index (κ3) is 4.24. The van der Waals surface area contributed by atoms with E-state index in [4.69, 9.17) is 0 Å². The zero-order valence-electron chi connectivity index (χ0n) is 12.3. The third-order valence-electron chi connectivity index (χ3n) is 2.98. The summed E-state index contributed by atoms with van der Waals surface area (Å²) in [5.74, 6) is 0.568. The van der Waals surface area contributed by atoms with Crippen molar-refractivity contribution in [3.63, 3.8) is 0 Å². The fraction of sp³-hybridized carbons (Fsp3) is 0.333. The van der Waals surface area contributed by atoms with E-state index in [0.717, 1.165) is 24.2 Å². The molecule has 0 radical (unpaired) electrons. The van der Waals surface area contributed by atoms with Crippen molar-refractivity contribution >= 4 is 11.7 Å². The maximum absolute atomic E-state index is 12.2. The zero-order chi connectivity index (χ0) is 15.1. The molecule has 0 aromatic carbocycles. The number of carbonyl (C=O) groups excluding carboxylic acids is 1. The van der Waals surface area contributed by atoms with Crippen LogP contribution in [0.5, 0.6) is 0 Å². The summed E-state index contributed by atoms with van der Waals surface area (Å²) < 4.78 is 0. The van der Waals surface area contributed by atoms with Crippen LogP contribution in [0.15, 0.2) is 30.7 Å². The Labute approximate surface area is 124 Å². The van der Waals surface area contributed by atoms with E-state index in [1.54, 1.807) is 25.4 Å². The van der Waals surface area contributed by atoms with E-state index < -0.39 is 0 Å². The molecule has 0 spiro atoms. The molecule has 6 heteroatoms. The fourth-order valence-corrected chi connectivity index (χ4v) is 1.93. The van der Waals surface area contributed by atoms with Crippen LogP contribution in [0.4, 0.5) is 5.82 Å². The fourth-order valence-electron chi connectivity index (χ4n) is 1.93. The maximum Gasteiger partial charge on any atom is 0.251 e. The lowest BCUT2D eigenvalue weighted by Crippen LogP contribution is -2.23. The van der Waals surface area contributed by atoms with Gasteiger partial charge in [0.2, 0.25) is 0 Å². The molecule has 0 aliphatic rings. The summed E-state index contributed by atoms with van der Waals surface area (Å²) in [6.07, 6.45) is 4.95. The van der Waals surface area contributed by atoms with Crippen LogP contribution in [0, 0.1) is 0 Å². The summed E-state index contributed by atoms with van der Waals surface area (Å²) in [7, 11) is 1.79. The van der Waals surface area contributed by atoms with Crippen LogP contribution in [0.3, 0.4) is 0 Å². The molecule has 2 N–H and O–H groups in total. The number of hydrogen-bond donors (Lipinski definition) is 2. The first kappa shape index (κ1) is 14.9. The monoisotopic (exact) mass is 285 g/mol. The number of anilines is 1. The quantitative estimate of drug-likeness (QED) is 0.846. The molecule has 0 unspecified atom stereocenters. The molecule has 2 rings (SSSR count). The van der Waals surface area contributed by atoms with E-state index in [1.165, 1.54) is 6.33 Å². The predicted octanol–water partition coefficient (Wildman–Crippen LogP) is 1.80. The Morgan fingerprint density at radius 1 is 1.29 bits per heavy atom. The topological polar surface area (TPSA) is 79.8 Å². The maximum atomic E-state index is 12.2.